The fourth-order valence-corrected chi connectivity index (χ4v) is 0.861. The van der Waals surface area contributed by atoms with Crippen LogP contribution < -0.4 is 5.73 Å². The van der Waals surface area contributed by atoms with Crippen molar-refractivity contribution in [3.05, 3.63) is 11.1 Å². The fraction of sp³-hybridized carbons (Fsp3) is 0.500. The minimum Gasteiger partial charge on any atom is -0.365 e. The Hall–Kier alpha value is -1.30. The van der Waals surface area contributed by atoms with Crippen molar-refractivity contribution in [2.45, 2.75) is 26.7 Å². The van der Waals surface area contributed by atoms with E-state index in [1.54, 1.807) is 13.0 Å². The number of hydrogen-bond donors (Lipinski definition) is 1. The first-order valence-electron chi connectivity index (χ1n) is 3.53. The van der Waals surface area contributed by atoms with Crippen LogP contribution in [-0.2, 0) is 4.79 Å². The van der Waals surface area contributed by atoms with Gasteiger partial charge in [-0.15, -0.1) is 0 Å². The van der Waals surface area contributed by atoms with Gasteiger partial charge >= 0.3 is 0 Å². The number of allylic oxidation sites excluding steroid dienone is 1. The summed E-state index contributed by atoms with van der Waals surface area (Å²) in [5, 5.41) is 8.48. The van der Waals surface area contributed by atoms with Crippen LogP contribution in [0.3, 0.4) is 0 Å². The van der Waals surface area contributed by atoms with E-state index in [-0.39, 0.29) is 5.57 Å². The van der Waals surface area contributed by atoms with Gasteiger partial charge in [-0.05, 0) is 18.9 Å². The minimum atomic E-state index is -0.626. The first kappa shape index (κ1) is 9.70. The Morgan fingerprint density at radius 2 is 2.18 bits per heavy atom. The van der Waals surface area contributed by atoms with Crippen LogP contribution in [0.25, 0.3) is 0 Å². The maximum Gasteiger partial charge on any atom is 0.259 e. The van der Waals surface area contributed by atoms with Crippen molar-refractivity contribution in [3.63, 3.8) is 0 Å². The lowest BCUT2D eigenvalue weighted by atomic mass is 10.1. The van der Waals surface area contributed by atoms with Gasteiger partial charge in [-0.2, -0.15) is 5.26 Å². The first-order chi connectivity index (χ1) is 5.13. The lowest BCUT2D eigenvalue weighted by Gasteiger charge is -1.98. The molecule has 2 N–H and O–H groups in total. The Balaban J connectivity index is 4.58. The standard InChI is InChI=1S/C8H12N2O/c1-3-4-6(2)7(5-9)8(10)11/h3-4H2,1-2H3,(H2,10,11)/b7-6+. The molecule has 3 nitrogen and oxygen atoms in total. The lowest BCUT2D eigenvalue weighted by molar-refractivity contribution is -0.114. The van der Waals surface area contributed by atoms with Gasteiger partial charge < -0.3 is 5.73 Å². The molecule has 0 saturated carbocycles. The average Bonchev–Trinajstić information content (AvgIpc) is 1.88. The molecule has 60 valence electrons. The first-order valence-corrected chi connectivity index (χ1v) is 3.53. The molecule has 0 spiro atoms. The van der Waals surface area contributed by atoms with E-state index in [2.05, 4.69) is 0 Å². The van der Waals surface area contributed by atoms with Crippen LogP contribution >= 0.6 is 0 Å². The molecule has 0 aliphatic heterocycles. The average molecular weight is 152 g/mol. The Morgan fingerprint density at radius 3 is 2.45 bits per heavy atom. The van der Waals surface area contributed by atoms with E-state index >= 15 is 0 Å². The molecule has 0 unspecified atom stereocenters. The van der Waals surface area contributed by atoms with Gasteiger partial charge in [-0.1, -0.05) is 13.3 Å². The predicted octanol–water partition coefficient (Wildman–Crippen LogP) is 1.11. The van der Waals surface area contributed by atoms with Gasteiger partial charge in [0.25, 0.3) is 5.91 Å². The highest BCUT2D eigenvalue weighted by atomic mass is 16.1. The monoisotopic (exact) mass is 152 g/mol. The SMILES string of the molecule is CCC/C(C)=C(\C#N)C(N)=O. The molecule has 0 aliphatic rings. The van der Waals surface area contributed by atoms with Gasteiger partial charge in [0.05, 0.1) is 0 Å². The van der Waals surface area contributed by atoms with Gasteiger partial charge in [0.2, 0.25) is 0 Å². The molecule has 0 aromatic carbocycles. The van der Waals surface area contributed by atoms with E-state index < -0.39 is 5.91 Å². The molecule has 0 radical (unpaired) electrons. The van der Waals surface area contributed by atoms with Crippen LogP contribution in [0.4, 0.5) is 0 Å². The molecule has 0 atom stereocenters. The van der Waals surface area contributed by atoms with Gasteiger partial charge in [-0.3, -0.25) is 4.79 Å². The summed E-state index contributed by atoms with van der Waals surface area (Å²) in [6.07, 6.45) is 1.68. The lowest BCUT2D eigenvalue weighted by Crippen LogP contribution is -2.14. The number of carbonyl (C=O) groups is 1. The zero-order chi connectivity index (χ0) is 8.85. The third-order valence-electron chi connectivity index (χ3n) is 1.41. The van der Waals surface area contributed by atoms with Crippen molar-refractivity contribution in [2.24, 2.45) is 5.73 Å². The van der Waals surface area contributed by atoms with Crippen LogP contribution in [-0.4, -0.2) is 5.91 Å². The molecule has 11 heavy (non-hydrogen) atoms. The van der Waals surface area contributed by atoms with Crippen molar-refractivity contribution < 1.29 is 4.79 Å². The third-order valence-corrected chi connectivity index (χ3v) is 1.41. The smallest absolute Gasteiger partial charge is 0.259 e. The summed E-state index contributed by atoms with van der Waals surface area (Å²) in [4.78, 5) is 10.6. The predicted molar refractivity (Wildman–Crippen MR) is 42.4 cm³/mol. The molecule has 0 fully saturated rings. The summed E-state index contributed by atoms with van der Waals surface area (Å²) in [7, 11) is 0. The molecule has 0 aliphatic carbocycles. The number of hydrogen-bond acceptors (Lipinski definition) is 2. The molecular formula is C8H12N2O. The second kappa shape index (κ2) is 4.51. The summed E-state index contributed by atoms with van der Waals surface area (Å²) in [5.74, 6) is -0.626. The maximum absolute atomic E-state index is 10.6. The molecule has 0 aromatic rings. The number of carbonyl (C=O) groups excluding carboxylic acids is 1. The van der Waals surface area contributed by atoms with E-state index in [1.165, 1.54) is 0 Å². The van der Waals surface area contributed by atoms with E-state index in [0.717, 1.165) is 18.4 Å². The van der Waals surface area contributed by atoms with Gasteiger partial charge in [0, 0.05) is 0 Å². The number of nitriles is 1. The Bertz CT molecular complexity index is 223. The number of rotatable bonds is 3. The highest BCUT2D eigenvalue weighted by Crippen LogP contribution is 2.08. The Morgan fingerprint density at radius 1 is 1.64 bits per heavy atom. The van der Waals surface area contributed by atoms with Crippen molar-refractivity contribution in [1.82, 2.24) is 0 Å². The van der Waals surface area contributed by atoms with Gasteiger partial charge in [0.15, 0.2) is 0 Å². The highest BCUT2D eigenvalue weighted by Gasteiger charge is 2.06. The largest absolute Gasteiger partial charge is 0.365 e. The molecule has 0 aromatic heterocycles. The molecule has 0 heterocycles. The van der Waals surface area contributed by atoms with Gasteiger partial charge in [0.1, 0.15) is 11.6 Å². The minimum absolute atomic E-state index is 0.104. The quantitative estimate of drug-likeness (QED) is 0.486. The molecule has 1 amide bonds. The topological polar surface area (TPSA) is 66.9 Å². The van der Waals surface area contributed by atoms with Crippen LogP contribution in [0.1, 0.15) is 26.7 Å². The Labute approximate surface area is 66.5 Å². The van der Waals surface area contributed by atoms with Crippen LogP contribution in [0, 0.1) is 11.3 Å². The van der Waals surface area contributed by atoms with E-state index in [9.17, 15) is 4.79 Å². The van der Waals surface area contributed by atoms with E-state index in [1.807, 2.05) is 6.92 Å². The molecule has 0 bridgehead atoms. The van der Waals surface area contributed by atoms with E-state index in [4.69, 9.17) is 11.0 Å². The van der Waals surface area contributed by atoms with E-state index in [0.29, 0.717) is 0 Å². The molecule has 0 saturated heterocycles. The zero-order valence-corrected chi connectivity index (χ0v) is 6.85. The number of primary amides is 1. The maximum atomic E-state index is 10.6. The van der Waals surface area contributed by atoms with Crippen molar-refractivity contribution in [3.8, 4) is 6.07 Å². The summed E-state index contributed by atoms with van der Waals surface area (Å²) in [6, 6.07) is 1.79. The van der Waals surface area contributed by atoms with Crippen LogP contribution in [0.2, 0.25) is 0 Å². The summed E-state index contributed by atoms with van der Waals surface area (Å²) < 4.78 is 0. The molecular weight excluding hydrogens is 140 g/mol. The summed E-state index contributed by atoms with van der Waals surface area (Å²) >= 11 is 0. The van der Waals surface area contributed by atoms with Crippen molar-refractivity contribution in [1.29, 1.82) is 5.26 Å². The number of nitrogens with zero attached hydrogens (tertiary/aromatic N) is 1. The Kier molecular flexibility index (Phi) is 3.97. The highest BCUT2D eigenvalue weighted by molar-refractivity contribution is 5.96. The molecule has 3 heteroatoms. The second-order valence-corrected chi connectivity index (χ2v) is 2.38. The fourth-order valence-electron chi connectivity index (χ4n) is 0.861. The van der Waals surface area contributed by atoms with Gasteiger partial charge in [-0.25, -0.2) is 0 Å². The number of nitrogens with two attached hydrogens (primary N) is 1. The van der Waals surface area contributed by atoms with Crippen molar-refractivity contribution >= 4 is 5.91 Å². The molecule has 0 rings (SSSR count). The summed E-state index contributed by atoms with van der Waals surface area (Å²) in [6.45, 7) is 3.74. The van der Waals surface area contributed by atoms with Crippen LogP contribution in [0.15, 0.2) is 11.1 Å². The third kappa shape index (κ3) is 2.85. The zero-order valence-electron chi connectivity index (χ0n) is 6.85. The normalized spacial score (nSPS) is 11.7. The van der Waals surface area contributed by atoms with Crippen LogP contribution in [0.5, 0.6) is 0 Å². The number of amides is 1. The second-order valence-electron chi connectivity index (χ2n) is 2.38. The van der Waals surface area contributed by atoms with Crippen molar-refractivity contribution in [2.75, 3.05) is 0 Å². The summed E-state index contributed by atoms with van der Waals surface area (Å²) in [5.41, 5.74) is 5.84.